The Morgan fingerprint density at radius 1 is 1.05 bits per heavy atom. The molecule has 3 aromatic carbocycles. The summed E-state index contributed by atoms with van der Waals surface area (Å²) in [6.07, 6.45) is 0. The van der Waals surface area contributed by atoms with Gasteiger partial charge >= 0.3 is 0 Å². The van der Waals surface area contributed by atoms with E-state index in [1.807, 2.05) is 74.5 Å². The number of carbonyl (C=O) groups is 1. The Morgan fingerprint density at radius 3 is 2.51 bits per heavy atom. The Balaban J connectivity index is 1.76. The van der Waals surface area contributed by atoms with Gasteiger partial charge in [0.25, 0.3) is 5.91 Å². The molecule has 8 heteroatoms. The summed E-state index contributed by atoms with van der Waals surface area (Å²) in [6.45, 7) is 3.95. The largest absolute Gasteiger partial charge is 0.383 e. The molecule has 0 saturated carbocycles. The van der Waals surface area contributed by atoms with Gasteiger partial charge in [0, 0.05) is 22.0 Å². The summed E-state index contributed by atoms with van der Waals surface area (Å²) in [5.41, 5.74) is 12.3. The number of amides is 1. The Morgan fingerprint density at radius 2 is 1.81 bits per heavy atom. The van der Waals surface area contributed by atoms with Crippen LogP contribution in [0.25, 0.3) is 21.3 Å². The van der Waals surface area contributed by atoms with E-state index in [2.05, 4.69) is 21.7 Å². The molecule has 182 valence electrons. The number of fused-ring (bicyclic) bond motifs is 1. The van der Waals surface area contributed by atoms with Gasteiger partial charge in [-0.25, -0.2) is 4.98 Å². The molecule has 37 heavy (non-hydrogen) atoms. The topological polar surface area (TPSA) is 104 Å². The number of thiophene rings is 1. The second-order valence-electron chi connectivity index (χ2n) is 8.61. The second-order valence-corrected chi connectivity index (χ2v) is 10.1. The monoisotopic (exact) mass is 523 g/mol. The van der Waals surface area contributed by atoms with Crippen LogP contribution in [0.5, 0.6) is 0 Å². The first kappa shape index (κ1) is 24.3. The van der Waals surface area contributed by atoms with Gasteiger partial charge in [0.2, 0.25) is 0 Å². The highest BCUT2D eigenvalue weighted by molar-refractivity contribution is 7.24. The van der Waals surface area contributed by atoms with Crippen molar-refractivity contribution in [2.45, 2.75) is 13.8 Å². The zero-order valence-corrected chi connectivity index (χ0v) is 21.7. The number of aryl methyl sites for hydroxylation is 2. The summed E-state index contributed by atoms with van der Waals surface area (Å²) in [5, 5.41) is 17.6. The van der Waals surface area contributed by atoms with Crippen molar-refractivity contribution in [1.82, 2.24) is 4.98 Å². The van der Waals surface area contributed by atoms with Crippen LogP contribution in [0.2, 0.25) is 5.02 Å². The van der Waals surface area contributed by atoms with Crippen LogP contribution in [0, 0.1) is 25.2 Å². The van der Waals surface area contributed by atoms with E-state index in [1.54, 1.807) is 12.1 Å². The van der Waals surface area contributed by atoms with Crippen LogP contribution >= 0.6 is 22.9 Å². The first-order chi connectivity index (χ1) is 17.9. The molecule has 0 saturated heterocycles. The van der Waals surface area contributed by atoms with Crippen LogP contribution in [0.4, 0.5) is 22.2 Å². The number of pyridine rings is 1. The molecule has 0 fully saturated rings. The van der Waals surface area contributed by atoms with E-state index in [0.717, 1.165) is 22.4 Å². The fraction of sp³-hybridized carbons (Fsp3) is 0.0690. The number of nitrogens with two attached hydrogens (primary N) is 1. The van der Waals surface area contributed by atoms with Crippen molar-refractivity contribution in [1.29, 1.82) is 5.26 Å². The third-order valence-electron chi connectivity index (χ3n) is 5.99. The van der Waals surface area contributed by atoms with Crippen LogP contribution < -0.4 is 16.4 Å². The molecule has 5 aromatic rings. The zero-order chi connectivity index (χ0) is 26.1. The number of aromatic nitrogens is 1. The lowest BCUT2D eigenvalue weighted by Gasteiger charge is -2.11. The van der Waals surface area contributed by atoms with Gasteiger partial charge < -0.3 is 16.4 Å². The number of hydrogen-bond donors (Lipinski definition) is 3. The van der Waals surface area contributed by atoms with Gasteiger partial charge in [0.1, 0.15) is 28.0 Å². The van der Waals surface area contributed by atoms with Gasteiger partial charge in [-0.2, -0.15) is 5.26 Å². The van der Waals surface area contributed by atoms with Crippen molar-refractivity contribution in [3.8, 4) is 17.2 Å². The van der Waals surface area contributed by atoms with E-state index < -0.39 is 0 Å². The lowest BCUT2D eigenvalue weighted by atomic mass is 10.00. The molecule has 4 N–H and O–H groups in total. The van der Waals surface area contributed by atoms with E-state index >= 15 is 0 Å². The Labute approximate surface area is 223 Å². The van der Waals surface area contributed by atoms with Crippen LogP contribution in [-0.2, 0) is 0 Å². The number of rotatable bonds is 5. The maximum absolute atomic E-state index is 13.7. The highest BCUT2D eigenvalue weighted by Crippen LogP contribution is 2.45. The maximum Gasteiger partial charge on any atom is 0.260 e. The number of anilines is 4. The number of para-hydroxylation sites is 1. The quantitative estimate of drug-likeness (QED) is 0.219. The van der Waals surface area contributed by atoms with Crippen LogP contribution in [-0.4, -0.2) is 10.9 Å². The standard InChI is InChI=1S/C29H22ClN5OS/c1-16-6-5-8-20(14-16)33-28(36)24-25-26(37-29(24)34-22-9-4-3-7-17(22)2)23(21(15-31)27(32)35-25)18-10-12-19(30)13-11-18/h3-14,34H,1-2H3,(H2,32,35)(H,33,36). The fourth-order valence-corrected chi connectivity index (χ4v) is 5.52. The van der Waals surface area contributed by atoms with Crippen molar-refractivity contribution >= 4 is 61.3 Å². The van der Waals surface area contributed by atoms with Crippen LogP contribution in [0.15, 0.2) is 72.8 Å². The minimum Gasteiger partial charge on any atom is -0.383 e. The minimum atomic E-state index is -0.327. The summed E-state index contributed by atoms with van der Waals surface area (Å²) >= 11 is 7.48. The van der Waals surface area contributed by atoms with Gasteiger partial charge in [-0.3, -0.25) is 4.79 Å². The first-order valence-corrected chi connectivity index (χ1v) is 12.7. The average molecular weight is 524 g/mol. The summed E-state index contributed by atoms with van der Waals surface area (Å²) in [6, 6.07) is 24.8. The number of carbonyl (C=O) groups excluding carboxylic acids is 1. The Kier molecular flexibility index (Phi) is 6.53. The van der Waals surface area contributed by atoms with E-state index in [-0.39, 0.29) is 17.3 Å². The predicted octanol–water partition coefficient (Wildman–Crippen LogP) is 7.68. The Hall–Kier alpha value is -4.38. The van der Waals surface area contributed by atoms with Crippen molar-refractivity contribution in [2.75, 3.05) is 16.4 Å². The molecule has 2 heterocycles. The van der Waals surface area contributed by atoms with Gasteiger partial charge in [-0.1, -0.05) is 54.1 Å². The zero-order valence-electron chi connectivity index (χ0n) is 20.1. The molecule has 0 bridgehead atoms. The summed E-state index contributed by atoms with van der Waals surface area (Å²) in [4.78, 5) is 18.3. The summed E-state index contributed by atoms with van der Waals surface area (Å²) in [7, 11) is 0. The molecule has 0 aliphatic rings. The molecule has 1 amide bonds. The molecule has 0 aliphatic carbocycles. The molecule has 0 radical (unpaired) electrons. The van der Waals surface area contributed by atoms with E-state index in [9.17, 15) is 10.1 Å². The molecule has 5 rings (SSSR count). The summed E-state index contributed by atoms with van der Waals surface area (Å²) < 4.78 is 0.679. The molecule has 0 spiro atoms. The number of halogens is 1. The molecular weight excluding hydrogens is 502 g/mol. The Bertz CT molecular complexity index is 1700. The first-order valence-electron chi connectivity index (χ1n) is 11.5. The number of nitriles is 1. The van der Waals surface area contributed by atoms with E-state index in [4.69, 9.17) is 17.3 Å². The van der Waals surface area contributed by atoms with E-state index in [1.165, 1.54) is 11.3 Å². The normalized spacial score (nSPS) is 10.8. The van der Waals surface area contributed by atoms with Crippen LogP contribution in [0.1, 0.15) is 27.0 Å². The summed E-state index contributed by atoms with van der Waals surface area (Å²) in [5.74, 6) is -0.267. The van der Waals surface area contributed by atoms with Crippen molar-refractivity contribution in [3.63, 3.8) is 0 Å². The lowest BCUT2D eigenvalue weighted by Crippen LogP contribution is -2.14. The molecule has 0 unspecified atom stereocenters. The number of nitrogen functional groups attached to an aromatic ring is 1. The van der Waals surface area contributed by atoms with Crippen LogP contribution in [0.3, 0.4) is 0 Å². The van der Waals surface area contributed by atoms with Crippen molar-refractivity contribution < 1.29 is 4.79 Å². The molecule has 6 nitrogen and oxygen atoms in total. The smallest absolute Gasteiger partial charge is 0.260 e. The third-order valence-corrected chi connectivity index (χ3v) is 7.35. The SMILES string of the molecule is Cc1cccc(NC(=O)c2c(Nc3ccccc3C)sc3c(-c4ccc(Cl)cc4)c(C#N)c(N)nc23)c1. The number of nitrogens with zero attached hydrogens (tertiary/aromatic N) is 2. The number of benzene rings is 3. The number of hydrogen-bond acceptors (Lipinski definition) is 6. The van der Waals surface area contributed by atoms with Gasteiger partial charge in [0.05, 0.1) is 10.2 Å². The lowest BCUT2D eigenvalue weighted by molar-refractivity contribution is 0.102. The third kappa shape index (κ3) is 4.73. The van der Waals surface area contributed by atoms with Gasteiger partial charge in [-0.05, 0) is 60.9 Å². The highest BCUT2D eigenvalue weighted by Gasteiger charge is 2.26. The van der Waals surface area contributed by atoms with Crippen molar-refractivity contribution in [3.05, 3.63) is 100 Å². The highest BCUT2D eigenvalue weighted by atomic mass is 35.5. The fourth-order valence-electron chi connectivity index (χ4n) is 4.17. The van der Waals surface area contributed by atoms with E-state index in [0.29, 0.717) is 37.1 Å². The average Bonchev–Trinajstić information content (AvgIpc) is 3.22. The molecule has 0 atom stereocenters. The molecular formula is C29H22ClN5OS. The molecule has 0 aliphatic heterocycles. The molecule has 2 aromatic heterocycles. The predicted molar refractivity (Wildman–Crippen MR) is 153 cm³/mol. The second kappa shape index (κ2) is 9.94. The maximum atomic E-state index is 13.7. The number of nitrogens with one attached hydrogen (secondary N) is 2. The van der Waals surface area contributed by atoms with Crippen molar-refractivity contribution in [2.24, 2.45) is 0 Å². The minimum absolute atomic E-state index is 0.0600. The van der Waals surface area contributed by atoms with Gasteiger partial charge in [0.15, 0.2) is 0 Å². The van der Waals surface area contributed by atoms with Gasteiger partial charge in [-0.15, -0.1) is 11.3 Å².